The fourth-order valence-electron chi connectivity index (χ4n) is 15.1. The van der Waals surface area contributed by atoms with Crippen molar-refractivity contribution in [3.05, 3.63) is 315 Å². The van der Waals surface area contributed by atoms with E-state index in [1.807, 2.05) is 60.7 Å². The number of hydrogen-bond acceptors (Lipinski definition) is 6. The molecule has 0 spiro atoms. The van der Waals surface area contributed by atoms with Crippen LogP contribution in [0, 0.1) is 0 Å². The first-order valence-electron chi connectivity index (χ1n) is 30.9. The molecular formula is C82H52B2N4O2. The van der Waals surface area contributed by atoms with Gasteiger partial charge in [-0.3, -0.25) is 0 Å². The topological polar surface area (TPSA) is 31.4 Å². The molecule has 4 heterocycles. The molecule has 8 heteroatoms. The Morgan fingerprint density at radius 2 is 0.478 bits per heavy atom. The highest BCUT2D eigenvalue weighted by Crippen LogP contribution is 2.52. The standard InChI is InChI=1S/C82H52B2N4O2/c1-5-29-61(30-6-1)85-75-52-76-72(51-71(75)83-69-43-57-25-17-19-27-59(57)45-73(69)87(63-39-37-53-21-13-15-23-55(53)41-63)79-49-67(47-77(85)81(79)83)89-65-33-9-3-10-34-65)84-70-44-58-26-18-20-28-60(58)46-74(70)88(64-40-38-54-22-14-16-24-56(54)42-64)80-50-68(90-66-35-11-4-12-36-66)48-78(82(80)84)86(76)62-31-7-2-8-32-62/h1-52H. The average molecular weight is 1150 g/mol. The molecule has 418 valence electrons. The van der Waals surface area contributed by atoms with Gasteiger partial charge in [-0.25, -0.2) is 0 Å². The van der Waals surface area contributed by atoms with Crippen LogP contribution in [0.2, 0.25) is 0 Å². The third kappa shape index (κ3) is 7.87. The Bertz CT molecular complexity index is 5100. The third-order valence-electron chi connectivity index (χ3n) is 18.9. The van der Waals surface area contributed by atoms with E-state index in [0.717, 1.165) is 91.2 Å². The first kappa shape index (κ1) is 50.4. The fraction of sp³-hybridized carbons (Fsp3) is 0. The summed E-state index contributed by atoms with van der Waals surface area (Å²) in [6.45, 7) is -0.447. The summed E-state index contributed by atoms with van der Waals surface area (Å²) >= 11 is 0. The molecule has 0 saturated carbocycles. The molecule has 0 N–H and O–H groups in total. The van der Waals surface area contributed by atoms with Gasteiger partial charge in [0.1, 0.15) is 23.0 Å². The maximum Gasteiger partial charge on any atom is 0.252 e. The van der Waals surface area contributed by atoms with Crippen LogP contribution in [0.15, 0.2) is 315 Å². The van der Waals surface area contributed by atoms with Gasteiger partial charge in [-0.05, 0) is 167 Å². The number of hydrogen-bond donors (Lipinski definition) is 0. The molecule has 15 aromatic carbocycles. The first-order valence-corrected chi connectivity index (χ1v) is 30.9. The second-order valence-electron chi connectivity index (χ2n) is 24.0. The van der Waals surface area contributed by atoms with Crippen molar-refractivity contribution in [3.8, 4) is 23.0 Å². The molecular weight excluding hydrogens is 1090 g/mol. The predicted molar refractivity (Wildman–Crippen MR) is 378 cm³/mol. The maximum atomic E-state index is 7.08. The molecule has 0 aliphatic carbocycles. The van der Waals surface area contributed by atoms with Crippen molar-refractivity contribution in [2.75, 3.05) is 19.6 Å². The van der Waals surface area contributed by atoms with Gasteiger partial charge >= 0.3 is 0 Å². The number of ether oxygens (including phenoxy) is 2. The second-order valence-corrected chi connectivity index (χ2v) is 24.0. The Morgan fingerprint density at radius 3 is 0.856 bits per heavy atom. The van der Waals surface area contributed by atoms with Gasteiger partial charge in [0.15, 0.2) is 0 Å². The van der Waals surface area contributed by atoms with Crippen LogP contribution >= 0.6 is 0 Å². The highest BCUT2D eigenvalue weighted by molar-refractivity contribution is 7.03. The lowest BCUT2D eigenvalue weighted by Gasteiger charge is -2.47. The van der Waals surface area contributed by atoms with Crippen LogP contribution in [0.1, 0.15) is 0 Å². The van der Waals surface area contributed by atoms with E-state index in [2.05, 4.69) is 274 Å². The zero-order valence-corrected chi connectivity index (χ0v) is 48.8. The molecule has 0 atom stereocenters. The molecule has 15 aromatic rings. The SMILES string of the molecule is c1ccc(Oc2cc3c4c(c2)N(c2ccc5ccccc5c2)c2cc5ccccc5cc2B4c2cc4c(cc2N3c2ccccc2)N(c2ccccc2)c2cc(Oc3ccccc3)cc3c2B4c2cc4ccccc4cc2N3c2ccc3ccccc3c2)cc1. The minimum Gasteiger partial charge on any atom is -0.457 e. The van der Waals surface area contributed by atoms with Crippen LogP contribution in [0.25, 0.3) is 43.1 Å². The van der Waals surface area contributed by atoms with Crippen LogP contribution in [-0.4, -0.2) is 13.4 Å². The van der Waals surface area contributed by atoms with Gasteiger partial charge in [0.05, 0.1) is 0 Å². The number of rotatable bonds is 8. The molecule has 0 fully saturated rings. The molecule has 0 amide bonds. The summed E-state index contributed by atoms with van der Waals surface area (Å²) in [6, 6.07) is 115. The minimum absolute atomic E-state index is 0.223. The van der Waals surface area contributed by atoms with Gasteiger partial charge in [-0.1, -0.05) is 200 Å². The normalized spacial score (nSPS) is 13.2. The monoisotopic (exact) mass is 1150 g/mol. The van der Waals surface area contributed by atoms with Crippen LogP contribution in [0.5, 0.6) is 23.0 Å². The predicted octanol–water partition coefficient (Wildman–Crippen LogP) is 18.0. The van der Waals surface area contributed by atoms with Crippen molar-refractivity contribution in [1.29, 1.82) is 0 Å². The van der Waals surface area contributed by atoms with Gasteiger partial charge in [0.25, 0.3) is 13.4 Å². The quantitative estimate of drug-likeness (QED) is 0.141. The summed E-state index contributed by atoms with van der Waals surface area (Å²) in [4.78, 5) is 10.0. The van der Waals surface area contributed by atoms with Crippen molar-refractivity contribution in [2.45, 2.75) is 0 Å². The van der Waals surface area contributed by atoms with Crippen LogP contribution < -0.4 is 61.9 Å². The van der Waals surface area contributed by atoms with E-state index in [0.29, 0.717) is 0 Å². The molecule has 0 radical (unpaired) electrons. The fourth-order valence-corrected chi connectivity index (χ4v) is 15.1. The van der Waals surface area contributed by atoms with E-state index in [4.69, 9.17) is 9.47 Å². The molecule has 0 saturated heterocycles. The van der Waals surface area contributed by atoms with E-state index in [-0.39, 0.29) is 13.4 Å². The van der Waals surface area contributed by atoms with Crippen molar-refractivity contribution >= 4 is 158 Å². The number of fused-ring (bicyclic) bond motifs is 12. The van der Waals surface area contributed by atoms with E-state index in [1.54, 1.807) is 0 Å². The van der Waals surface area contributed by atoms with Crippen LogP contribution in [0.3, 0.4) is 0 Å². The highest BCUT2D eigenvalue weighted by Gasteiger charge is 2.49. The van der Waals surface area contributed by atoms with E-state index >= 15 is 0 Å². The molecule has 90 heavy (non-hydrogen) atoms. The van der Waals surface area contributed by atoms with Crippen molar-refractivity contribution < 1.29 is 9.47 Å². The Balaban J connectivity index is 0.941. The Labute approximate surface area is 522 Å². The molecule has 4 aliphatic heterocycles. The highest BCUT2D eigenvalue weighted by atomic mass is 16.5. The summed E-state index contributed by atoms with van der Waals surface area (Å²) in [7, 11) is 0. The van der Waals surface area contributed by atoms with Gasteiger partial charge < -0.3 is 29.1 Å². The Morgan fingerprint density at radius 1 is 0.189 bits per heavy atom. The summed E-state index contributed by atoms with van der Waals surface area (Å²) in [6.07, 6.45) is 0. The molecule has 4 aliphatic rings. The largest absolute Gasteiger partial charge is 0.457 e. The number of anilines is 12. The zero-order chi connectivity index (χ0) is 59.0. The first-order chi connectivity index (χ1) is 44.6. The van der Waals surface area contributed by atoms with Crippen molar-refractivity contribution in [3.63, 3.8) is 0 Å². The lowest BCUT2D eigenvalue weighted by Crippen LogP contribution is -2.65. The van der Waals surface area contributed by atoms with Gasteiger partial charge in [0, 0.05) is 92.5 Å². The van der Waals surface area contributed by atoms with E-state index in [9.17, 15) is 0 Å². The second kappa shape index (κ2) is 19.9. The molecule has 0 bridgehead atoms. The molecule has 19 rings (SSSR count). The Kier molecular flexibility index (Phi) is 11.2. The van der Waals surface area contributed by atoms with Gasteiger partial charge in [0.2, 0.25) is 0 Å². The van der Waals surface area contributed by atoms with Crippen molar-refractivity contribution in [2.24, 2.45) is 0 Å². The van der Waals surface area contributed by atoms with Crippen molar-refractivity contribution in [1.82, 2.24) is 0 Å². The van der Waals surface area contributed by atoms with Gasteiger partial charge in [-0.15, -0.1) is 0 Å². The average Bonchev–Trinajstić information content (AvgIpc) is 0.695. The Hall–Kier alpha value is -11.7. The van der Waals surface area contributed by atoms with Crippen LogP contribution in [-0.2, 0) is 0 Å². The molecule has 6 nitrogen and oxygen atoms in total. The molecule has 0 aromatic heterocycles. The summed E-state index contributed by atoms with van der Waals surface area (Å²) < 4.78 is 14.2. The lowest BCUT2D eigenvalue weighted by atomic mass is 9.30. The van der Waals surface area contributed by atoms with E-state index < -0.39 is 0 Å². The lowest BCUT2D eigenvalue weighted by molar-refractivity contribution is 0.483. The number of para-hydroxylation sites is 4. The molecule has 0 unspecified atom stereocenters. The maximum absolute atomic E-state index is 7.08. The summed E-state index contributed by atoms with van der Waals surface area (Å²) in [5, 5.41) is 9.47. The third-order valence-corrected chi connectivity index (χ3v) is 18.9. The number of benzene rings is 15. The minimum atomic E-state index is -0.223. The smallest absolute Gasteiger partial charge is 0.252 e. The van der Waals surface area contributed by atoms with Gasteiger partial charge in [-0.2, -0.15) is 0 Å². The summed E-state index contributed by atoms with van der Waals surface area (Å²) in [5.41, 5.74) is 20.2. The number of nitrogens with zero attached hydrogens (tertiary/aromatic N) is 4. The zero-order valence-electron chi connectivity index (χ0n) is 48.8. The summed E-state index contributed by atoms with van der Waals surface area (Å²) in [5.74, 6) is 3.02. The van der Waals surface area contributed by atoms with E-state index in [1.165, 1.54) is 75.9 Å². The van der Waals surface area contributed by atoms with Crippen LogP contribution in [0.4, 0.5) is 68.2 Å².